The predicted octanol–water partition coefficient (Wildman–Crippen LogP) is 5.16. The highest BCUT2D eigenvalue weighted by molar-refractivity contribution is 7.18. The minimum absolute atomic E-state index is 0.197. The van der Waals surface area contributed by atoms with Crippen molar-refractivity contribution in [3.05, 3.63) is 45.3 Å². The van der Waals surface area contributed by atoms with Crippen LogP contribution < -0.4 is 5.32 Å². The zero-order valence-electron chi connectivity index (χ0n) is 19.9. The van der Waals surface area contributed by atoms with Gasteiger partial charge in [-0.2, -0.15) is 0 Å². The Bertz CT molecular complexity index is 1170. The molecule has 0 radical (unpaired) electrons. The highest BCUT2D eigenvalue weighted by Crippen LogP contribution is 2.34. The number of para-hydroxylation sites is 1. The van der Waals surface area contributed by atoms with Crippen molar-refractivity contribution in [3.8, 4) is 0 Å². The molecule has 0 aliphatic heterocycles. The van der Waals surface area contributed by atoms with Gasteiger partial charge >= 0.3 is 5.97 Å². The van der Waals surface area contributed by atoms with Gasteiger partial charge in [0.05, 0.1) is 22.3 Å². The van der Waals surface area contributed by atoms with Gasteiger partial charge in [0.25, 0.3) is 5.91 Å². The van der Waals surface area contributed by atoms with Crippen molar-refractivity contribution in [1.29, 1.82) is 0 Å². The zero-order chi connectivity index (χ0) is 24.5. The molecule has 1 N–H and O–H groups in total. The Morgan fingerprint density at radius 1 is 1.15 bits per heavy atom. The summed E-state index contributed by atoms with van der Waals surface area (Å²) >= 11 is 2.85. The van der Waals surface area contributed by atoms with Crippen LogP contribution in [0.25, 0.3) is 10.2 Å². The fourth-order valence-electron chi connectivity index (χ4n) is 3.10. The normalized spacial score (nSPS) is 12.5. The minimum Gasteiger partial charge on any atom is -0.449 e. The number of ether oxygens (including phenoxy) is 1. The summed E-state index contributed by atoms with van der Waals surface area (Å²) < 4.78 is 6.58. The maximum absolute atomic E-state index is 13.0. The van der Waals surface area contributed by atoms with Crippen LogP contribution in [-0.2, 0) is 20.9 Å². The van der Waals surface area contributed by atoms with E-state index in [2.05, 4.69) is 10.3 Å². The SMILES string of the molecule is Cc1sc(NC(=O)C(C)(C)C)c(C(=O)OC(C)C(=O)N(C)Cc2nc3ccccc3s2)c1C. The second-order valence-corrected chi connectivity index (χ2v) is 11.3. The van der Waals surface area contributed by atoms with E-state index in [1.54, 1.807) is 41.7 Å². The van der Waals surface area contributed by atoms with Gasteiger partial charge in [-0.25, -0.2) is 9.78 Å². The molecule has 0 aliphatic carbocycles. The van der Waals surface area contributed by atoms with Crippen LogP contribution in [0.4, 0.5) is 5.00 Å². The molecule has 2 heterocycles. The lowest BCUT2D eigenvalue weighted by Crippen LogP contribution is -2.37. The first-order valence-corrected chi connectivity index (χ1v) is 12.2. The fraction of sp³-hybridized carbons (Fsp3) is 0.417. The van der Waals surface area contributed by atoms with Crippen molar-refractivity contribution in [2.24, 2.45) is 5.41 Å². The summed E-state index contributed by atoms with van der Waals surface area (Å²) in [6.45, 7) is 11.0. The van der Waals surface area contributed by atoms with Gasteiger partial charge in [0.2, 0.25) is 5.91 Å². The highest BCUT2D eigenvalue weighted by atomic mass is 32.1. The molecular formula is C24H29N3O4S2. The van der Waals surface area contributed by atoms with Gasteiger partial charge in [-0.15, -0.1) is 22.7 Å². The van der Waals surface area contributed by atoms with Crippen LogP contribution in [0, 0.1) is 19.3 Å². The first-order valence-electron chi connectivity index (χ1n) is 10.6. The molecule has 1 aromatic carbocycles. The topological polar surface area (TPSA) is 88.6 Å². The Kier molecular flexibility index (Phi) is 7.23. The van der Waals surface area contributed by atoms with E-state index in [1.165, 1.54) is 27.6 Å². The van der Waals surface area contributed by atoms with Crippen LogP contribution in [0.5, 0.6) is 0 Å². The van der Waals surface area contributed by atoms with Gasteiger partial charge in [-0.05, 0) is 38.5 Å². The number of nitrogens with one attached hydrogen (secondary N) is 1. The molecule has 33 heavy (non-hydrogen) atoms. The molecule has 1 atom stereocenters. The lowest BCUT2D eigenvalue weighted by molar-refractivity contribution is -0.139. The molecule has 1 unspecified atom stereocenters. The van der Waals surface area contributed by atoms with Gasteiger partial charge in [0.1, 0.15) is 10.0 Å². The van der Waals surface area contributed by atoms with Crippen molar-refractivity contribution < 1.29 is 19.1 Å². The summed E-state index contributed by atoms with van der Waals surface area (Å²) in [6.07, 6.45) is -0.984. The van der Waals surface area contributed by atoms with Crippen LogP contribution in [0.15, 0.2) is 24.3 Å². The van der Waals surface area contributed by atoms with Crippen molar-refractivity contribution in [3.63, 3.8) is 0 Å². The predicted molar refractivity (Wildman–Crippen MR) is 133 cm³/mol. The Morgan fingerprint density at radius 3 is 2.45 bits per heavy atom. The van der Waals surface area contributed by atoms with E-state index < -0.39 is 17.5 Å². The molecule has 176 valence electrons. The Labute approximate surface area is 201 Å². The molecule has 0 aliphatic rings. The Hall–Kier alpha value is -2.78. The number of carbonyl (C=O) groups excluding carboxylic acids is 3. The maximum Gasteiger partial charge on any atom is 0.342 e. The number of nitrogens with zero attached hydrogens (tertiary/aromatic N) is 2. The van der Waals surface area contributed by atoms with Gasteiger partial charge in [0.15, 0.2) is 6.10 Å². The molecule has 0 bridgehead atoms. The number of thiophene rings is 1. The van der Waals surface area contributed by atoms with Gasteiger partial charge in [0, 0.05) is 17.3 Å². The molecule has 0 spiro atoms. The molecule has 7 nitrogen and oxygen atoms in total. The molecule has 2 aromatic heterocycles. The first kappa shape index (κ1) is 24.9. The number of benzene rings is 1. The van der Waals surface area contributed by atoms with Crippen LogP contribution in [0.2, 0.25) is 0 Å². The van der Waals surface area contributed by atoms with E-state index in [4.69, 9.17) is 4.74 Å². The quantitative estimate of drug-likeness (QED) is 0.485. The number of amides is 2. The summed E-state index contributed by atoms with van der Waals surface area (Å²) in [4.78, 5) is 45.3. The summed E-state index contributed by atoms with van der Waals surface area (Å²) in [5.41, 5.74) is 1.31. The summed E-state index contributed by atoms with van der Waals surface area (Å²) in [6, 6.07) is 7.80. The minimum atomic E-state index is -0.984. The van der Waals surface area contributed by atoms with Crippen LogP contribution in [-0.4, -0.2) is 40.8 Å². The second kappa shape index (κ2) is 9.61. The van der Waals surface area contributed by atoms with E-state index in [1.807, 2.05) is 31.2 Å². The fourth-order valence-corrected chi connectivity index (χ4v) is 5.16. The van der Waals surface area contributed by atoms with E-state index in [0.717, 1.165) is 25.7 Å². The maximum atomic E-state index is 13.0. The largest absolute Gasteiger partial charge is 0.449 e. The molecule has 3 aromatic rings. The first-order chi connectivity index (χ1) is 15.4. The zero-order valence-corrected chi connectivity index (χ0v) is 21.6. The van der Waals surface area contributed by atoms with Gasteiger partial charge in [-0.1, -0.05) is 32.9 Å². The number of aromatic nitrogens is 1. The van der Waals surface area contributed by atoms with Crippen molar-refractivity contribution in [1.82, 2.24) is 9.88 Å². The molecule has 2 amide bonds. The smallest absolute Gasteiger partial charge is 0.342 e. The molecule has 0 saturated heterocycles. The summed E-state index contributed by atoms with van der Waals surface area (Å²) in [5, 5.41) is 4.09. The number of rotatable bonds is 6. The number of hydrogen-bond donors (Lipinski definition) is 1. The van der Waals surface area contributed by atoms with Crippen LogP contribution in [0.1, 0.15) is 53.5 Å². The molecule has 9 heteroatoms. The average Bonchev–Trinajstić information content (AvgIpc) is 3.26. The van der Waals surface area contributed by atoms with Gasteiger partial charge < -0.3 is 15.0 Å². The van der Waals surface area contributed by atoms with Gasteiger partial charge in [-0.3, -0.25) is 9.59 Å². The molecule has 0 saturated carbocycles. The van der Waals surface area contributed by atoms with Crippen molar-refractivity contribution in [2.45, 2.75) is 54.2 Å². The summed E-state index contributed by atoms with van der Waals surface area (Å²) in [5.74, 6) is -1.15. The van der Waals surface area contributed by atoms with E-state index in [-0.39, 0.29) is 11.8 Å². The average molecular weight is 488 g/mol. The number of likely N-dealkylation sites (N-methyl/N-ethyl adjacent to an activating group) is 1. The van der Waals surface area contributed by atoms with Crippen molar-refractivity contribution in [2.75, 3.05) is 12.4 Å². The highest BCUT2D eigenvalue weighted by Gasteiger charge is 2.29. The molecular weight excluding hydrogens is 458 g/mol. The van der Waals surface area contributed by atoms with E-state index in [9.17, 15) is 14.4 Å². The number of anilines is 1. The molecule has 3 rings (SSSR count). The number of hydrogen-bond acceptors (Lipinski definition) is 7. The van der Waals surface area contributed by atoms with E-state index in [0.29, 0.717) is 17.1 Å². The third-order valence-electron chi connectivity index (χ3n) is 5.22. The van der Waals surface area contributed by atoms with Crippen molar-refractivity contribution >= 4 is 55.7 Å². The Balaban J connectivity index is 1.70. The lowest BCUT2D eigenvalue weighted by Gasteiger charge is -2.21. The number of esters is 1. The third-order valence-corrected chi connectivity index (χ3v) is 7.36. The number of fused-ring (bicyclic) bond motifs is 1. The standard InChI is InChI=1S/C24H29N3O4S2/c1-13-15(3)32-20(26-23(30)24(4,5)6)19(13)22(29)31-14(2)21(28)27(7)12-18-25-16-10-8-9-11-17(16)33-18/h8-11,14H,12H2,1-7H3,(H,26,30). The summed E-state index contributed by atoms with van der Waals surface area (Å²) in [7, 11) is 1.66. The third kappa shape index (κ3) is 5.59. The van der Waals surface area contributed by atoms with Crippen LogP contribution >= 0.6 is 22.7 Å². The van der Waals surface area contributed by atoms with E-state index >= 15 is 0 Å². The second-order valence-electron chi connectivity index (χ2n) is 9.01. The number of carbonyl (C=O) groups is 3. The molecule has 0 fully saturated rings. The van der Waals surface area contributed by atoms with Crippen LogP contribution in [0.3, 0.4) is 0 Å². The monoisotopic (exact) mass is 487 g/mol. The number of aryl methyl sites for hydroxylation is 1. The number of thiazole rings is 1. The lowest BCUT2D eigenvalue weighted by atomic mass is 9.96. The Morgan fingerprint density at radius 2 is 1.82 bits per heavy atom.